The highest BCUT2D eigenvalue weighted by Crippen LogP contribution is 2.34. The highest BCUT2D eigenvalue weighted by Gasteiger charge is 2.15. The van der Waals surface area contributed by atoms with E-state index in [0.717, 1.165) is 5.92 Å². The second-order valence-electron chi connectivity index (χ2n) is 8.22. The van der Waals surface area contributed by atoms with Gasteiger partial charge in [-0.3, -0.25) is 0 Å². The number of fused-ring (bicyclic) bond motifs is 1. The van der Waals surface area contributed by atoms with Crippen molar-refractivity contribution >= 4 is 16.3 Å². The lowest BCUT2D eigenvalue weighted by Gasteiger charge is -2.22. The van der Waals surface area contributed by atoms with Gasteiger partial charge in [0.25, 0.3) is 0 Å². The summed E-state index contributed by atoms with van der Waals surface area (Å²) in [6, 6.07) is 14.1. The normalized spacial score (nSPS) is 17.5. The van der Waals surface area contributed by atoms with Crippen molar-refractivity contribution in [2.45, 2.75) is 84.5 Å². The molecule has 140 valence electrons. The maximum absolute atomic E-state index is 2.53. The van der Waals surface area contributed by atoms with Crippen molar-refractivity contribution in [1.29, 1.82) is 0 Å². The van der Waals surface area contributed by atoms with Crippen LogP contribution in [-0.2, 0) is 6.42 Å². The molecule has 0 fully saturated rings. The van der Waals surface area contributed by atoms with Crippen LogP contribution in [0.4, 0.5) is 0 Å². The van der Waals surface area contributed by atoms with Crippen LogP contribution in [0, 0.1) is 5.92 Å². The summed E-state index contributed by atoms with van der Waals surface area (Å²) in [6.45, 7) is 4.56. The summed E-state index contributed by atoms with van der Waals surface area (Å²) < 4.78 is 0. The van der Waals surface area contributed by atoms with Crippen molar-refractivity contribution in [2.24, 2.45) is 5.92 Å². The molecule has 0 N–H and O–H groups in total. The zero-order valence-electron chi connectivity index (χ0n) is 16.9. The Morgan fingerprint density at radius 1 is 0.846 bits per heavy atom. The largest absolute Gasteiger partial charge is 0.0804 e. The van der Waals surface area contributed by atoms with Crippen LogP contribution in [0.25, 0.3) is 16.3 Å². The number of hydrogen-bond donors (Lipinski definition) is 0. The Bertz CT molecular complexity index is 722. The molecule has 1 unspecified atom stereocenters. The molecular weight excluding hydrogens is 312 g/mol. The van der Waals surface area contributed by atoms with Crippen LogP contribution in [0.5, 0.6) is 0 Å². The fourth-order valence-corrected chi connectivity index (χ4v) is 4.30. The quantitative estimate of drug-likeness (QED) is 0.399. The van der Waals surface area contributed by atoms with Crippen LogP contribution in [-0.4, -0.2) is 0 Å². The molecule has 1 aliphatic rings. The van der Waals surface area contributed by atoms with Gasteiger partial charge in [0.05, 0.1) is 0 Å². The summed E-state index contributed by atoms with van der Waals surface area (Å²) in [5.41, 5.74) is 4.50. The molecule has 0 saturated carbocycles. The smallest absolute Gasteiger partial charge is 0.0178 e. The predicted octanol–water partition coefficient (Wildman–Crippen LogP) is 8.34. The van der Waals surface area contributed by atoms with Gasteiger partial charge >= 0.3 is 0 Å². The number of hydrogen-bond acceptors (Lipinski definition) is 0. The summed E-state index contributed by atoms with van der Waals surface area (Å²) in [5.74, 6) is 0.928. The van der Waals surface area contributed by atoms with Crippen molar-refractivity contribution in [3.05, 3.63) is 53.6 Å². The molecule has 0 radical (unpaired) electrons. The lowest BCUT2D eigenvalue weighted by atomic mass is 9.83. The number of aryl methyl sites for hydroxylation is 1. The molecule has 1 aliphatic carbocycles. The van der Waals surface area contributed by atoms with Crippen molar-refractivity contribution in [2.75, 3.05) is 0 Å². The van der Waals surface area contributed by atoms with E-state index in [1.54, 1.807) is 5.57 Å². The second kappa shape index (κ2) is 9.95. The minimum Gasteiger partial charge on any atom is -0.0804 e. The molecule has 1 atom stereocenters. The average molecular weight is 349 g/mol. The van der Waals surface area contributed by atoms with Gasteiger partial charge in [0.2, 0.25) is 0 Å². The molecule has 0 amide bonds. The van der Waals surface area contributed by atoms with Gasteiger partial charge in [0, 0.05) is 0 Å². The Balaban J connectivity index is 1.62. The molecule has 0 bridgehead atoms. The van der Waals surface area contributed by atoms with E-state index in [9.17, 15) is 0 Å². The van der Waals surface area contributed by atoms with E-state index in [0.29, 0.717) is 0 Å². The molecule has 2 aromatic rings. The second-order valence-corrected chi connectivity index (χ2v) is 8.22. The summed E-state index contributed by atoms with van der Waals surface area (Å²) in [5, 5.41) is 2.79. The summed E-state index contributed by atoms with van der Waals surface area (Å²) in [7, 11) is 0. The fourth-order valence-electron chi connectivity index (χ4n) is 4.30. The molecule has 0 aliphatic heterocycles. The van der Waals surface area contributed by atoms with E-state index < -0.39 is 0 Å². The maximum Gasteiger partial charge on any atom is -0.0178 e. The van der Waals surface area contributed by atoms with Crippen LogP contribution < -0.4 is 0 Å². The Hall–Kier alpha value is -1.56. The first-order chi connectivity index (χ1) is 12.8. The molecule has 0 nitrogen and oxygen atoms in total. The Morgan fingerprint density at radius 2 is 1.65 bits per heavy atom. The van der Waals surface area contributed by atoms with E-state index in [1.165, 1.54) is 92.5 Å². The fraction of sp³-hybridized carbons (Fsp3) is 0.538. The standard InChI is InChI=1S/C26H36/c1-3-5-7-8-10-21-11-14-23(15-12-21)25-18-17-24-19-22(9-6-4-2)13-16-26(24)20-25/h13-14,16-21H,3-12,15H2,1-2H3. The van der Waals surface area contributed by atoms with Gasteiger partial charge in [-0.15, -0.1) is 0 Å². The van der Waals surface area contributed by atoms with Crippen LogP contribution in [0.1, 0.15) is 89.2 Å². The molecule has 0 heteroatoms. The van der Waals surface area contributed by atoms with Crippen molar-refractivity contribution in [3.8, 4) is 0 Å². The van der Waals surface area contributed by atoms with Gasteiger partial charge in [0.1, 0.15) is 0 Å². The molecule has 26 heavy (non-hydrogen) atoms. The molecule has 0 heterocycles. The first-order valence-electron chi connectivity index (χ1n) is 11.0. The van der Waals surface area contributed by atoms with Crippen molar-refractivity contribution in [3.63, 3.8) is 0 Å². The molecule has 0 spiro atoms. The third-order valence-electron chi connectivity index (χ3n) is 6.08. The molecule has 0 aromatic heterocycles. The predicted molar refractivity (Wildman–Crippen MR) is 117 cm³/mol. The van der Waals surface area contributed by atoms with Crippen LogP contribution in [0.15, 0.2) is 42.5 Å². The molecule has 2 aromatic carbocycles. The van der Waals surface area contributed by atoms with Gasteiger partial charge in [0.15, 0.2) is 0 Å². The van der Waals surface area contributed by atoms with E-state index >= 15 is 0 Å². The van der Waals surface area contributed by atoms with Gasteiger partial charge in [-0.05, 0) is 71.6 Å². The van der Waals surface area contributed by atoms with Gasteiger partial charge in [-0.2, -0.15) is 0 Å². The first kappa shape index (κ1) is 19.2. The lowest BCUT2D eigenvalue weighted by Crippen LogP contribution is -2.05. The van der Waals surface area contributed by atoms with Crippen molar-refractivity contribution in [1.82, 2.24) is 0 Å². The lowest BCUT2D eigenvalue weighted by molar-refractivity contribution is 0.425. The zero-order valence-corrected chi connectivity index (χ0v) is 16.9. The Kier molecular flexibility index (Phi) is 7.35. The first-order valence-corrected chi connectivity index (χ1v) is 11.0. The summed E-state index contributed by atoms with van der Waals surface area (Å²) in [6.07, 6.45) is 17.3. The Morgan fingerprint density at radius 3 is 2.42 bits per heavy atom. The van der Waals surface area contributed by atoms with Gasteiger partial charge < -0.3 is 0 Å². The topological polar surface area (TPSA) is 0 Å². The third-order valence-corrected chi connectivity index (χ3v) is 6.08. The number of benzene rings is 2. The molecular formula is C26H36. The van der Waals surface area contributed by atoms with E-state index in [4.69, 9.17) is 0 Å². The minimum atomic E-state index is 0.928. The average Bonchev–Trinajstić information content (AvgIpc) is 2.69. The summed E-state index contributed by atoms with van der Waals surface area (Å²) >= 11 is 0. The van der Waals surface area contributed by atoms with Crippen LogP contribution >= 0.6 is 0 Å². The highest BCUT2D eigenvalue weighted by atomic mass is 14.2. The third kappa shape index (κ3) is 5.22. The molecule has 3 rings (SSSR count). The minimum absolute atomic E-state index is 0.928. The van der Waals surface area contributed by atoms with E-state index in [-0.39, 0.29) is 0 Å². The van der Waals surface area contributed by atoms with Crippen LogP contribution in [0.2, 0.25) is 0 Å². The highest BCUT2D eigenvalue weighted by molar-refractivity contribution is 5.87. The van der Waals surface area contributed by atoms with Crippen molar-refractivity contribution < 1.29 is 0 Å². The van der Waals surface area contributed by atoms with Gasteiger partial charge in [-0.25, -0.2) is 0 Å². The van der Waals surface area contributed by atoms with E-state index in [2.05, 4.69) is 56.3 Å². The maximum atomic E-state index is 2.53. The number of allylic oxidation sites excluding steroid dienone is 2. The number of unbranched alkanes of at least 4 members (excludes halogenated alkanes) is 4. The summed E-state index contributed by atoms with van der Waals surface area (Å²) in [4.78, 5) is 0. The van der Waals surface area contributed by atoms with E-state index in [1.807, 2.05) is 0 Å². The zero-order chi connectivity index (χ0) is 18.2. The number of rotatable bonds is 9. The molecule has 0 saturated heterocycles. The van der Waals surface area contributed by atoms with Crippen LogP contribution in [0.3, 0.4) is 0 Å². The monoisotopic (exact) mass is 348 g/mol. The Labute approximate surface area is 160 Å². The van der Waals surface area contributed by atoms with Gasteiger partial charge in [-0.1, -0.05) is 88.8 Å². The SMILES string of the molecule is CCCCCCC1CC=C(c2ccc3cc(CCCC)ccc3c2)CC1.